The molecule has 0 aromatic heterocycles. The average Bonchev–Trinajstić information content (AvgIpc) is 2.66. The second-order valence-corrected chi connectivity index (χ2v) is 6.21. The van der Waals surface area contributed by atoms with Gasteiger partial charge in [-0.05, 0) is 42.3 Å². The highest BCUT2D eigenvalue weighted by molar-refractivity contribution is 5.95. The highest BCUT2D eigenvalue weighted by Crippen LogP contribution is 2.17. The molecule has 0 radical (unpaired) electrons. The van der Waals surface area contributed by atoms with Crippen LogP contribution in [0, 0.1) is 12.7 Å². The number of anilines is 1. The van der Waals surface area contributed by atoms with E-state index in [0.717, 1.165) is 11.1 Å². The summed E-state index contributed by atoms with van der Waals surface area (Å²) in [6, 6.07) is 23.0. The molecule has 0 spiro atoms. The number of nitrogens with one attached hydrogen (secondary N) is 2. The maximum Gasteiger partial charge on any atom is 0.246 e. The van der Waals surface area contributed by atoms with Crippen molar-refractivity contribution in [2.75, 3.05) is 5.32 Å². The van der Waals surface area contributed by atoms with E-state index < -0.39 is 6.04 Å². The van der Waals surface area contributed by atoms with Crippen molar-refractivity contribution in [2.24, 2.45) is 0 Å². The lowest BCUT2D eigenvalue weighted by molar-refractivity contribution is -0.118. The van der Waals surface area contributed by atoms with Crippen LogP contribution in [0.1, 0.15) is 22.7 Å². The molecule has 3 aromatic rings. The summed E-state index contributed by atoms with van der Waals surface area (Å²) in [4.78, 5) is 12.8. The molecule has 3 nitrogen and oxygen atoms in total. The predicted octanol–water partition coefficient (Wildman–Crippen LogP) is 4.60. The zero-order chi connectivity index (χ0) is 18.4. The Hall–Kier alpha value is -2.98. The molecule has 0 heterocycles. The molecule has 0 aliphatic heterocycles. The minimum Gasteiger partial charge on any atom is -0.324 e. The summed E-state index contributed by atoms with van der Waals surface area (Å²) in [7, 11) is 0. The molecule has 132 valence electrons. The van der Waals surface area contributed by atoms with Crippen LogP contribution in [0.2, 0.25) is 0 Å². The second kappa shape index (κ2) is 8.41. The normalized spacial score (nSPS) is 11.8. The van der Waals surface area contributed by atoms with Gasteiger partial charge in [0.25, 0.3) is 0 Å². The van der Waals surface area contributed by atoms with Crippen molar-refractivity contribution in [3.8, 4) is 0 Å². The van der Waals surface area contributed by atoms with Gasteiger partial charge in [-0.15, -0.1) is 0 Å². The number of rotatable bonds is 6. The summed E-state index contributed by atoms with van der Waals surface area (Å²) >= 11 is 0. The number of hydrogen-bond acceptors (Lipinski definition) is 2. The summed E-state index contributed by atoms with van der Waals surface area (Å²) in [5.74, 6) is -0.518. The maximum atomic E-state index is 13.1. The Morgan fingerprint density at radius 2 is 1.58 bits per heavy atom. The lowest BCUT2D eigenvalue weighted by Gasteiger charge is -2.19. The van der Waals surface area contributed by atoms with Crippen LogP contribution >= 0.6 is 0 Å². The average molecular weight is 348 g/mol. The van der Waals surface area contributed by atoms with E-state index in [0.29, 0.717) is 12.2 Å². The number of carbonyl (C=O) groups is 1. The van der Waals surface area contributed by atoms with Gasteiger partial charge in [-0.2, -0.15) is 0 Å². The van der Waals surface area contributed by atoms with E-state index in [1.54, 1.807) is 12.1 Å². The van der Waals surface area contributed by atoms with E-state index in [-0.39, 0.29) is 11.7 Å². The van der Waals surface area contributed by atoms with Gasteiger partial charge in [0.05, 0.1) is 0 Å². The molecule has 1 atom stereocenters. The Labute approximate surface area is 152 Å². The fourth-order valence-electron chi connectivity index (χ4n) is 2.68. The molecule has 0 bridgehead atoms. The number of hydrogen-bond donors (Lipinski definition) is 2. The Kier molecular flexibility index (Phi) is 5.77. The quantitative estimate of drug-likeness (QED) is 0.683. The minimum atomic E-state index is -0.512. The third-order valence-corrected chi connectivity index (χ3v) is 4.14. The number of halogens is 1. The van der Waals surface area contributed by atoms with E-state index in [9.17, 15) is 9.18 Å². The minimum absolute atomic E-state index is 0.185. The highest BCUT2D eigenvalue weighted by atomic mass is 19.1. The number of carbonyl (C=O) groups excluding carboxylic acids is 1. The van der Waals surface area contributed by atoms with Gasteiger partial charge in [-0.3, -0.25) is 10.1 Å². The van der Waals surface area contributed by atoms with E-state index in [4.69, 9.17) is 0 Å². The molecule has 0 saturated heterocycles. The summed E-state index contributed by atoms with van der Waals surface area (Å²) in [5, 5.41) is 6.16. The molecule has 2 N–H and O–H groups in total. The molecule has 0 fully saturated rings. The van der Waals surface area contributed by atoms with Crippen LogP contribution in [0.15, 0.2) is 78.9 Å². The monoisotopic (exact) mass is 348 g/mol. The van der Waals surface area contributed by atoms with Crippen molar-refractivity contribution < 1.29 is 9.18 Å². The van der Waals surface area contributed by atoms with E-state index >= 15 is 0 Å². The molecule has 4 heteroatoms. The smallest absolute Gasteiger partial charge is 0.246 e. The first-order valence-corrected chi connectivity index (χ1v) is 8.52. The number of benzene rings is 3. The standard InChI is InChI=1S/C22H21FN2O/c1-16-7-9-17(10-8-16)15-24-21(18-5-3-2-4-6-18)22(26)25-20-13-11-19(23)12-14-20/h2-14,21,24H,15H2,1H3,(H,25,26)/t21-/m1/s1. The molecular weight excluding hydrogens is 327 g/mol. The van der Waals surface area contributed by atoms with Crippen molar-refractivity contribution in [2.45, 2.75) is 19.5 Å². The summed E-state index contributed by atoms with van der Waals surface area (Å²) in [5.41, 5.74) is 3.74. The van der Waals surface area contributed by atoms with E-state index in [2.05, 4.69) is 10.6 Å². The summed E-state index contributed by atoms with van der Waals surface area (Å²) < 4.78 is 13.1. The zero-order valence-electron chi connectivity index (χ0n) is 14.6. The molecule has 0 unspecified atom stereocenters. The van der Waals surface area contributed by atoms with E-state index in [1.165, 1.54) is 17.7 Å². The summed E-state index contributed by atoms with van der Waals surface area (Å²) in [6.45, 7) is 2.61. The van der Waals surface area contributed by atoms with Crippen molar-refractivity contribution >= 4 is 11.6 Å². The van der Waals surface area contributed by atoms with Gasteiger partial charge in [0, 0.05) is 12.2 Å². The number of aryl methyl sites for hydroxylation is 1. The zero-order valence-corrected chi connectivity index (χ0v) is 14.6. The topological polar surface area (TPSA) is 41.1 Å². The first-order chi connectivity index (χ1) is 12.6. The molecule has 0 aliphatic carbocycles. The van der Waals surface area contributed by atoms with Crippen LogP contribution < -0.4 is 10.6 Å². The predicted molar refractivity (Wildman–Crippen MR) is 102 cm³/mol. The van der Waals surface area contributed by atoms with Crippen molar-refractivity contribution in [3.05, 3.63) is 101 Å². The number of amides is 1. The third kappa shape index (κ3) is 4.77. The molecular formula is C22H21FN2O. The van der Waals surface area contributed by atoms with Gasteiger partial charge in [-0.25, -0.2) is 4.39 Å². The van der Waals surface area contributed by atoms with Crippen LogP contribution in [0.25, 0.3) is 0 Å². The van der Waals surface area contributed by atoms with Crippen molar-refractivity contribution in [1.29, 1.82) is 0 Å². The van der Waals surface area contributed by atoms with Crippen LogP contribution in [0.5, 0.6) is 0 Å². The third-order valence-electron chi connectivity index (χ3n) is 4.14. The van der Waals surface area contributed by atoms with Crippen molar-refractivity contribution in [1.82, 2.24) is 5.32 Å². The largest absolute Gasteiger partial charge is 0.324 e. The van der Waals surface area contributed by atoms with Crippen LogP contribution in [-0.4, -0.2) is 5.91 Å². The van der Waals surface area contributed by atoms with Crippen LogP contribution in [0.3, 0.4) is 0 Å². The van der Waals surface area contributed by atoms with Gasteiger partial charge in [0.15, 0.2) is 0 Å². The lowest BCUT2D eigenvalue weighted by atomic mass is 10.1. The molecule has 26 heavy (non-hydrogen) atoms. The van der Waals surface area contributed by atoms with Crippen LogP contribution in [0.4, 0.5) is 10.1 Å². The SMILES string of the molecule is Cc1ccc(CN[C@@H](C(=O)Nc2ccc(F)cc2)c2ccccc2)cc1. The Morgan fingerprint density at radius 3 is 2.23 bits per heavy atom. The van der Waals surface area contributed by atoms with E-state index in [1.807, 2.05) is 61.5 Å². The molecule has 0 saturated carbocycles. The van der Waals surface area contributed by atoms with Crippen molar-refractivity contribution in [3.63, 3.8) is 0 Å². The summed E-state index contributed by atoms with van der Waals surface area (Å²) in [6.07, 6.45) is 0. The Morgan fingerprint density at radius 1 is 0.923 bits per heavy atom. The van der Waals surface area contributed by atoms with Gasteiger partial charge in [0.2, 0.25) is 5.91 Å². The fourth-order valence-corrected chi connectivity index (χ4v) is 2.68. The van der Waals surface area contributed by atoms with Gasteiger partial charge < -0.3 is 5.32 Å². The van der Waals surface area contributed by atoms with Gasteiger partial charge in [-0.1, -0.05) is 60.2 Å². The Bertz CT molecular complexity index is 846. The molecule has 0 aliphatic rings. The fraction of sp³-hybridized carbons (Fsp3) is 0.136. The van der Waals surface area contributed by atoms with Gasteiger partial charge in [0.1, 0.15) is 11.9 Å². The highest BCUT2D eigenvalue weighted by Gasteiger charge is 2.20. The maximum absolute atomic E-state index is 13.1. The molecule has 3 rings (SSSR count). The second-order valence-electron chi connectivity index (χ2n) is 6.21. The van der Waals surface area contributed by atoms with Gasteiger partial charge >= 0.3 is 0 Å². The first-order valence-electron chi connectivity index (χ1n) is 8.52. The molecule has 1 amide bonds. The lowest BCUT2D eigenvalue weighted by Crippen LogP contribution is -2.32. The Balaban J connectivity index is 1.75. The molecule has 3 aromatic carbocycles. The van der Waals surface area contributed by atoms with Crippen LogP contribution in [-0.2, 0) is 11.3 Å². The first kappa shape index (κ1) is 17.8.